The van der Waals surface area contributed by atoms with Gasteiger partial charge in [-0.05, 0) is 62.0 Å². The van der Waals surface area contributed by atoms with Crippen molar-refractivity contribution in [3.8, 4) is 0 Å². The van der Waals surface area contributed by atoms with Crippen LogP contribution in [-0.2, 0) is 12.8 Å². The zero-order valence-corrected chi connectivity index (χ0v) is 13.6. The topological polar surface area (TPSA) is 20.2 Å². The maximum atomic E-state index is 10.8. The molecule has 0 spiro atoms. The predicted octanol–water partition coefficient (Wildman–Crippen LogP) is 5.27. The van der Waals surface area contributed by atoms with Crippen molar-refractivity contribution in [2.45, 2.75) is 77.2 Å². The Kier molecular flexibility index (Phi) is 4.83. The first-order valence-electron chi connectivity index (χ1n) is 8.57. The van der Waals surface area contributed by atoms with Crippen molar-refractivity contribution in [2.75, 3.05) is 0 Å². The Labute approximate surface area is 127 Å². The van der Waals surface area contributed by atoms with Crippen LogP contribution in [0, 0.1) is 11.8 Å². The van der Waals surface area contributed by atoms with Gasteiger partial charge in [-0.25, -0.2) is 0 Å². The van der Waals surface area contributed by atoms with Gasteiger partial charge < -0.3 is 5.11 Å². The molecule has 20 heavy (non-hydrogen) atoms. The van der Waals surface area contributed by atoms with Gasteiger partial charge in [-0.1, -0.05) is 32.6 Å². The van der Waals surface area contributed by atoms with E-state index >= 15 is 0 Å². The molecule has 0 saturated heterocycles. The van der Waals surface area contributed by atoms with Gasteiger partial charge in [0.25, 0.3) is 0 Å². The highest BCUT2D eigenvalue weighted by Gasteiger charge is 2.29. The lowest BCUT2D eigenvalue weighted by Gasteiger charge is -2.31. The van der Waals surface area contributed by atoms with E-state index in [4.69, 9.17) is 0 Å². The van der Waals surface area contributed by atoms with Crippen molar-refractivity contribution in [1.29, 1.82) is 0 Å². The molecule has 1 N–H and O–H groups in total. The summed E-state index contributed by atoms with van der Waals surface area (Å²) in [5, 5.41) is 10.8. The molecule has 3 rings (SSSR count). The molecule has 112 valence electrons. The molecule has 1 aromatic rings. The summed E-state index contributed by atoms with van der Waals surface area (Å²) >= 11 is 1.91. The number of rotatable bonds is 3. The van der Waals surface area contributed by atoms with Crippen molar-refractivity contribution in [3.63, 3.8) is 0 Å². The highest BCUT2D eigenvalue weighted by molar-refractivity contribution is 7.12. The fraction of sp³-hybridized carbons (Fsp3) is 0.778. The smallest absolute Gasteiger partial charge is 0.0910 e. The molecule has 1 heterocycles. The number of thiophene rings is 1. The standard InChI is InChI=1S/C18H28OS/c1-2-13-7-6-9-15(11-13)18(19)17-12-14-8-4-3-5-10-16(14)20-17/h12-13,15,18-19H,2-11H2,1H3. The maximum absolute atomic E-state index is 10.8. The number of aryl methyl sites for hydroxylation is 2. The SMILES string of the molecule is CCC1CCCC(C(O)c2cc3c(s2)CCCCC3)C1. The zero-order valence-electron chi connectivity index (χ0n) is 12.7. The van der Waals surface area contributed by atoms with E-state index < -0.39 is 0 Å². The summed E-state index contributed by atoms with van der Waals surface area (Å²) in [6.07, 6.45) is 12.8. The summed E-state index contributed by atoms with van der Waals surface area (Å²) in [5.41, 5.74) is 1.55. The maximum Gasteiger partial charge on any atom is 0.0910 e. The van der Waals surface area contributed by atoms with E-state index in [0.29, 0.717) is 5.92 Å². The molecule has 0 aromatic carbocycles. The Morgan fingerprint density at radius 3 is 2.90 bits per heavy atom. The number of aliphatic hydroxyl groups excluding tert-OH is 1. The Morgan fingerprint density at radius 2 is 2.05 bits per heavy atom. The minimum atomic E-state index is -0.193. The third-order valence-corrected chi connectivity index (χ3v) is 6.71. The second kappa shape index (κ2) is 6.62. The summed E-state index contributed by atoms with van der Waals surface area (Å²) in [6, 6.07) is 2.34. The third-order valence-electron chi connectivity index (χ3n) is 5.40. The fourth-order valence-electron chi connectivity index (χ4n) is 4.06. The first-order valence-corrected chi connectivity index (χ1v) is 9.39. The van der Waals surface area contributed by atoms with Crippen molar-refractivity contribution < 1.29 is 5.11 Å². The lowest BCUT2D eigenvalue weighted by atomic mass is 9.77. The number of fused-ring (bicyclic) bond motifs is 1. The molecular weight excluding hydrogens is 264 g/mol. The largest absolute Gasteiger partial charge is 0.387 e. The van der Waals surface area contributed by atoms with Gasteiger partial charge in [0.15, 0.2) is 0 Å². The number of hydrogen-bond acceptors (Lipinski definition) is 2. The predicted molar refractivity (Wildman–Crippen MR) is 86.3 cm³/mol. The van der Waals surface area contributed by atoms with Crippen molar-refractivity contribution in [1.82, 2.24) is 0 Å². The lowest BCUT2D eigenvalue weighted by molar-refractivity contribution is 0.0705. The minimum absolute atomic E-state index is 0.193. The van der Waals surface area contributed by atoms with Gasteiger partial charge in [0.2, 0.25) is 0 Å². The van der Waals surface area contributed by atoms with Crippen molar-refractivity contribution >= 4 is 11.3 Å². The molecule has 2 aliphatic carbocycles. The summed E-state index contributed by atoms with van der Waals surface area (Å²) in [5.74, 6) is 1.36. The van der Waals surface area contributed by atoms with Crippen LogP contribution in [0.5, 0.6) is 0 Å². The highest BCUT2D eigenvalue weighted by atomic mass is 32.1. The minimum Gasteiger partial charge on any atom is -0.387 e. The number of aliphatic hydroxyl groups is 1. The summed E-state index contributed by atoms with van der Waals surface area (Å²) in [6.45, 7) is 2.30. The van der Waals surface area contributed by atoms with Gasteiger partial charge in [-0.2, -0.15) is 0 Å². The molecule has 2 aliphatic rings. The summed E-state index contributed by atoms with van der Waals surface area (Å²) in [4.78, 5) is 2.83. The average Bonchev–Trinajstić information content (AvgIpc) is 2.77. The molecule has 2 heteroatoms. The molecule has 0 radical (unpaired) electrons. The van der Waals surface area contributed by atoms with Gasteiger partial charge in [-0.15, -0.1) is 11.3 Å². The van der Waals surface area contributed by atoms with Crippen LogP contribution in [0.25, 0.3) is 0 Å². The molecule has 1 nitrogen and oxygen atoms in total. The Morgan fingerprint density at radius 1 is 1.20 bits per heavy atom. The van der Waals surface area contributed by atoms with Gasteiger partial charge in [0.05, 0.1) is 6.10 Å². The molecule has 3 unspecified atom stereocenters. The summed E-state index contributed by atoms with van der Waals surface area (Å²) < 4.78 is 0. The van der Waals surface area contributed by atoms with E-state index in [1.165, 1.54) is 69.1 Å². The van der Waals surface area contributed by atoms with Crippen LogP contribution in [0.15, 0.2) is 6.07 Å². The van der Waals surface area contributed by atoms with Crippen LogP contribution in [0.1, 0.15) is 79.7 Å². The zero-order chi connectivity index (χ0) is 13.9. The first-order chi connectivity index (χ1) is 9.78. The van der Waals surface area contributed by atoms with E-state index in [2.05, 4.69) is 13.0 Å². The van der Waals surface area contributed by atoms with Crippen molar-refractivity contribution in [2.24, 2.45) is 11.8 Å². The monoisotopic (exact) mass is 292 g/mol. The number of hydrogen-bond donors (Lipinski definition) is 1. The van der Waals surface area contributed by atoms with Gasteiger partial charge >= 0.3 is 0 Å². The molecule has 3 atom stereocenters. The quantitative estimate of drug-likeness (QED) is 0.753. The van der Waals surface area contributed by atoms with Gasteiger partial charge in [0.1, 0.15) is 0 Å². The second-order valence-electron chi connectivity index (χ2n) is 6.80. The van der Waals surface area contributed by atoms with Gasteiger partial charge in [-0.3, -0.25) is 0 Å². The first kappa shape index (κ1) is 14.6. The average molecular weight is 292 g/mol. The Balaban J connectivity index is 1.72. The molecule has 0 amide bonds. The molecule has 1 fully saturated rings. The van der Waals surface area contributed by atoms with Crippen LogP contribution in [0.2, 0.25) is 0 Å². The highest BCUT2D eigenvalue weighted by Crippen LogP contribution is 2.41. The van der Waals surface area contributed by atoms with E-state index in [0.717, 1.165) is 5.92 Å². The van der Waals surface area contributed by atoms with Crippen LogP contribution >= 0.6 is 11.3 Å². The normalized spacial score (nSPS) is 28.7. The molecule has 1 aromatic heterocycles. The Hall–Kier alpha value is -0.340. The fourth-order valence-corrected chi connectivity index (χ4v) is 5.40. The Bertz CT molecular complexity index is 413. The van der Waals surface area contributed by atoms with Crippen LogP contribution in [0.4, 0.5) is 0 Å². The van der Waals surface area contributed by atoms with Crippen molar-refractivity contribution in [3.05, 3.63) is 21.4 Å². The van der Waals surface area contributed by atoms with E-state index in [1.54, 1.807) is 10.4 Å². The third kappa shape index (κ3) is 3.12. The summed E-state index contributed by atoms with van der Waals surface area (Å²) in [7, 11) is 0. The molecule has 1 saturated carbocycles. The molecular formula is C18H28OS. The van der Waals surface area contributed by atoms with E-state index in [9.17, 15) is 5.11 Å². The van der Waals surface area contributed by atoms with E-state index in [1.807, 2.05) is 11.3 Å². The van der Waals surface area contributed by atoms with Crippen LogP contribution < -0.4 is 0 Å². The lowest BCUT2D eigenvalue weighted by Crippen LogP contribution is -2.20. The van der Waals surface area contributed by atoms with Crippen LogP contribution in [0.3, 0.4) is 0 Å². The van der Waals surface area contributed by atoms with E-state index in [-0.39, 0.29) is 6.10 Å². The second-order valence-corrected chi connectivity index (χ2v) is 7.97. The van der Waals surface area contributed by atoms with Crippen LogP contribution in [-0.4, -0.2) is 5.11 Å². The molecule has 0 bridgehead atoms. The van der Waals surface area contributed by atoms with Gasteiger partial charge in [0, 0.05) is 9.75 Å². The molecule has 0 aliphatic heterocycles.